The second-order valence-corrected chi connectivity index (χ2v) is 24.9. The van der Waals surface area contributed by atoms with Crippen molar-refractivity contribution in [3.05, 3.63) is 170 Å². The number of pyridine rings is 3. The third-order valence-corrected chi connectivity index (χ3v) is 16.4. The van der Waals surface area contributed by atoms with Crippen LogP contribution in [0.2, 0.25) is 0 Å². The van der Waals surface area contributed by atoms with Gasteiger partial charge in [0.25, 0.3) is 0 Å². The molecule has 484 valence electrons. The van der Waals surface area contributed by atoms with E-state index in [1.54, 1.807) is 35.2 Å². The number of fused-ring (bicyclic) bond motifs is 3. The first-order chi connectivity index (χ1) is 44.5. The van der Waals surface area contributed by atoms with Gasteiger partial charge in [-0.2, -0.15) is 0 Å². The number of carbonyl (C=O) groups excluding carboxylic acids is 3. The van der Waals surface area contributed by atoms with Crippen molar-refractivity contribution in [1.29, 1.82) is 0 Å². The Balaban J connectivity index is 0.000000179. The van der Waals surface area contributed by atoms with Gasteiger partial charge in [0.05, 0.1) is 36.9 Å². The van der Waals surface area contributed by atoms with Gasteiger partial charge in [-0.25, -0.2) is 33.7 Å². The van der Waals surface area contributed by atoms with Crippen molar-refractivity contribution in [2.75, 3.05) is 86.9 Å². The number of aromatic hydroxyl groups is 2. The van der Waals surface area contributed by atoms with Gasteiger partial charge in [-0.3, -0.25) is 0 Å². The molecule has 92 heavy (non-hydrogen) atoms. The van der Waals surface area contributed by atoms with Crippen LogP contribution in [-0.4, -0.2) is 133 Å². The summed E-state index contributed by atoms with van der Waals surface area (Å²) in [6.07, 6.45) is 2.33. The van der Waals surface area contributed by atoms with Crippen molar-refractivity contribution < 1.29 is 46.1 Å². The molecule has 0 atom stereocenters. The number of nitrogens with zero attached hydrogens (tertiary/aromatic N) is 7. The zero-order chi connectivity index (χ0) is 64.7. The largest absolute Gasteiger partial charge is 0.507 e. The second-order valence-electron chi connectivity index (χ2n) is 24.9. The van der Waals surface area contributed by atoms with Gasteiger partial charge in [0.1, 0.15) is 34.8 Å². The van der Waals surface area contributed by atoms with Crippen molar-refractivity contribution in [2.24, 2.45) is 17.8 Å². The highest BCUT2D eigenvalue weighted by Crippen LogP contribution is 2.37. The Morgan fingerprint density at radius 2 is 0.783 bits per heavy atom. The molecule has 3 amide bonds. The number of piperidine rings is 2. The predicted octanol–water partition coefficient (Wildman–Crippen LogP) is 15.4. The number of amides is 3. The number of benzene rings is 6. The Morgan fingerprint density at radius 1 is 0.457 bits per heavy atom. The summed E-state index contributed by atoms with van der Waals surface area (Å²) in [6, 6.07) is 51.8. The van der Waals surface area contributed by atoms with E-state index in [4.69, 9.17) is 29.2 Å². The van der Waals surface area contributed by atoms with E-state index in [1.165, 1.54) is 6.07 Å². The Kier molecular flexibility index (Phi) is 21.9. The summed E-state index contributed by atoms with van der Waals surface area (Å²) in [4.78, 5) is 59.4. The average Bonchev–Trinajstić information content (AvgIpc) is 0.838. The van der Waals surface area contributed by atoms with Crippen LogP contribution in [0.15, 0.2) is 164 Å². The van der Waals surface area contributed by atoms with Crippen molar-refractivity contribution >= 4 is 68.1 Å². The lowest BCUT2D eigenvalue weighted by Crippen LogP contribution is -2.49. The molecule has 12 rings (SSSR count). The Morgan fingerprint density at radius 3 is 1.16 bits per heavy atom. The number of ether oxygens (including phenoxy) is 3. The number of piperazine rings is 1. The molecule has 4 N–H and O–H groups in total. The highest BCUT2D eigenvalue weighted by atomic mass is 19.1. The molecule has 17 nitrogen and oxygen atoms in total. The first-order valence-corrected chi connectivity index (χ1v) is 32.1. The summed E-state index contributed by atoms with van der Waals surface area (Å²) in [5.74, 6) is 3.76. The smallest absolute Gasteiger partial charge is 0.409 e. The molecule has 3 saturated heterocycles. The van der Waals surface area contributed by atoms with Crippen molar-refractivity contribution in [1.82, 2.24) is 30.5 Å². The summed E-state index contributed by atoms with van der Waals surface area (Å²) >= 11 is 0. The summed E-state index contributed by atoms with van der Waals surface area (Å²) in [5, 5.41) is 33.0. The van der Waals surface area contributed by atoms with Gasteiger partial charge in [0, 0.05) is 100 Å². The Labute approximate surface area is 541 Å². The number of rotatable bonds is 14. The number of nitrogens with one attached hydrogen (secondary N) is 2. The van der Waals surface area contributed by atoms with E-state index < -0.39 is 0 Å². The normalized spacial score (nSPS) is 14.6. The summed E-state index contributed by atoms with van der Waals surface area (Å²) < 4.78 is 30.3. The molecule has 9 aromatic rings. The zero-order valence-corrected chi connectivity index (χ0v) is 53.4. The summed E-state index contributed by atoms with van der Waals surface area (Å²) in [6.45, 7) is 19.0. The predicted molar refractivity (Wildman–Crippen MR) is 368 cm³/mol. The molecule has 0 saturated carbocycles. The number of hydrogen-bond acceptors (Lipinski definition) is 14. The van der Waals surface area contributed by atoms with Crippen LogP contribution in [0.25, 0.3) is 66.1 Å². The standard InChI is InChI=1S/C25H28FN3O2.C25H29N3O3.C24H27N3O3.2H2/c1-17(2)16-31-25(30)27-19-11-13-29(14-12-19)24-20-8-4-3-7-18(20)15-23(28-24)21-9-5-6-10-22(21)26;1-17(2)16-31-25(30)26-19-11-13-28(14-12-19)24-20-8-4-3-7-18(20)15-22(27-24)21-9-5-6-10-23(21)29;1-17(2)16-30-24(29)27-13-11-26(12-14-27)23-19-8-4-3-7-18(19)15-21(25-23)20-9-5-6-10-22(20)28;;/h3-10,15,17,19H,11-14,16H2,1-2H3,(H,27,30);3-10,15,17,19,29H,11-14,16H2,1-2H3,(H,26,30);3-10,15,17,28H,11-14,16H2,1-2H3;2*1H. The lowest BCUT2D eigenvalue weighted by Gasteiger charge is -2.35. The van der Waals surface area contributed by atoms with Crippen LogP contribution in [0, 0.1) is 23.6 Å². The van der Waals surface area contributed by atoms with Crippen LogP contribution in [-0.2, 0) is 14.2 Å². The Hall–Kier alpha value is -9.71. The van der Waals surface area contributed by atoms with Crippen molar-refractivity contribution in [3.8, 4) is 45.3 Å². The first kappa shape index (κ1) is 65.2. The van der Waals surface area contributed by atoms with E-state index >= 15 is 0 Å². The molecule has 0 unspecified atom stereocenters. The van der Waals surface area contributed by atoms with Crippen LogP contribution < -0.4 is 25.3 Å². The van der Waals surface area contributed by atoms with E-state index in [1.807, 2.05) is 139 Å². The second kappa shape index (κ2) is 30.9. The quantitative estimate of drug-likeness (QED) is 0.0751. The average molecular weight is 1250 g/mol. The lowest BCUT2D eigenvalue weighted by molar-refractivity contribution is 0.0901. The number of hydrogen-bond donors (Lipinski definition) is 4. The monoisotopic (exact) mass is 1250 g/mol. The van der Waals surface area contributed by atoms with E-state index in [-0.39, 0.29) is 50.5 Å². The topological polar surface area (TPSA) is 195 Å². The van der Waals surface area contributed by atoms with Gasteiger partial charge in [0.15, 0.2) is 0 Å². The number of phenols is 2. The van der Waals surface area contributed by atoms with Gasteiger partial charge in [-0.1, -0.05) is 151 Å². The third kappa shape index (κ3) is 16.8. The van der Waals surface area contributed by atoms with Crippen molar-refractivity contribution in [2.45, 2.75) is 79.3 Å². The van der Waals surface area contributed by atoms with Gasteiger partial charge >= 0.3 is 18.3 Å². The molecule has 3 aliphatic rings. The summed E-state index contributed by atoms with van der Waals surface area (Å²) in [5.41, 5.74) is 4.05. The molecule has 3 fully saturated rings. The summed E-state index contributed by atoms with van der Waals surface area (Å²) in [7, 11) is 0. The minimum Gasteiger partial charge on any atom is -0.507 e. The SMILES string of the molecule is CC(C)COC(=O)N1CCN(c2nc(-c3ccccc3O)cc3ccccc23)CC1.CC(C)COC(=O)NC1CCN(c2nc(-c3ccccc3F)cc3ccccc23)CC1.CC(C)COC(=O)NC1CCN(c2nc(-c3ccccc3O)cc3ccccc23)CC1.[HH].[HH]. The molecule has 18 heteroatoms. The maximum atomic E-state index is 14.4. The minimum atomic E-state index is -0.350. The van der Waals surface area contributed by atoms with Gasteiger partial charge in [-0.15, -0.1) is 0 Å². The Bertz CT molecular complexity index is 3820. The zero-order valence-electron chi connectivity index (χ0n) is 53.4. The molecule has 0 aliphatic carbocycles. The minimum absolute atomic E-state index is 0. The number of anilines is 3. The molecule has 0 bridgehead atoms. The highest BCUT2D eigenvalue weighted by molar-refractivity contribution is 5.97. The highest BCUT2D eigenvalue weighted by Gasteiger charge is 2.28. The van der Waals surface area contributed by atoms with E-state index in [9.17, 15) is 29.0 Å². The van der Waals surface area contributed by atoms with Crippen LogP contribution >= 0.6 is 0 Å². The fraction of sp³-hybridized carbons (Fsp3) is 0.351. The van der Waals surface area contributed by atoms with Crippen LogP contribution in [0.3, 0.4) is 0 Å². The molecular weight excluding hydrogens is 1160 g/mol. The fourth-order valence-corrected chi connectivity index (χ4v) is 11.5. The first-order valence-electron chi connectivity index (χ1n) is 32.1. The molecule has 6 aromatic carbocycles. The van der Waals surface area contributed by atoms with E-state index in [0.717, 1.165) is 119 Å². The maximum Gasteiger partial charge on any atom is 0.409 e. The van der Waals surface area contributed by atoms with E-state index in [2.05, 4.69) is 55.7 Å². The van der Waals surface area contributed by atoms with Crippen LogP contribution in [0.4, 0.5) is 36.2 Å². The number of alkyl carbamates (subject to hydrolysis) is 2. The molecule has 3 aliphatic heterocycles. The molecule has 6 heterocycles. The van der Waals surface area contributed by atoms with Crippen LogP contribution in [0.1, 0.15) is 70.1 Å². The number of phenolic OH excluding ortho intramolecular Hbond substituents is 2. The lowest BCUT2D eigenvalue weighted by atomic mass is 10.0. The van der Waals surface area contributed by atoms with Gasteiger partial charge < -0.3 is 54.7 Å². The molecule has 0 radical (unpaired) electrons. The van der Waals surface area contributed by atoms with Gasteiger partial charge in [-0.05, 0) is 114 Å². The fourth-order valence-electron chi connectivity index (χ4n) is 11.5. The number of carbonyl (C=O) groups is 3. The maximum absolute atomic E-state index is 14.4. The number of halogens is 1. The van der Waals surface area contributed by atoms with E-state index in [0.29, 0.717) is 80.6 Å². The molecule has 0 spiro atoms. The number of aromatic nitrogens is 3. The molecule has 3 aromatic heterocycles. The molecular formula is C74H88FN9O8. The number of para-hydroxylation sites is 2. The van der Waals surface area contributed by atoms with Gasteiger partial charge in [0.2, 0.25) is 0 Å². The third-order valence-electron chi connectivity index (χ3n) is 16.4. The van der Waals surface area contributed by atoms with Crippen LogP contribution in [0.5, 0.6) is 11.5 Å². The van der Waals surface area contributed by atoms with Crippen molar-refractivity contribution in [3.63, 3.8) is 0 Å².